The van der Waals surface area contributed by atoms with Gasteiger partial charge in [-0.15, -0.1) is 0 Å². The number of amides is 2. The van der Waals surface area contributed by atoms with Gasteiger partial charge in [0, 0.05) is 17.5 Å². The quantitative estimate of drug-likeness (QED) is 0.670. The van der Waals surface area contributed by atoms with E-state index in [9.17, 15) is 18.0 Å². The van der Waals surface area contributed by atoms with Gasteiger partial charge in [0.15, 0.2) is 9.84 Å². The van der Waals surface area contributed by atoms with Crippen LogP contribution in [0.1, 0.15) is 26.3 Å². The van der Waals surface area contributed by atoms with E-state index in [1.807, 2.05) is 13.0 Å². The van der Waals surface area contributed by atoms with Crippen LogP contribution in [0.5, 0.6) is 0 Å². The zero-order valence-electron chi connectivity index (χ0n) is 16.0. The molecule has 0 atom stereocenters. The van der Waals surface area contributed by atoms with Gasteiger partial charge in [0.1, 0.15) is 0 Å². The maximum absolute atomic E-state index is 12.7. The van der Waals surface area contributed by atoms with Crippen molar-refractivity contribution in [2.45, 2.75) is 11.8 Å². The first-order chi connectivity index (χ1) is 13.7. The molecule has 0 aliphatic heterocycles. The van der Waals surface area contributed by atoms with Crippen molar-refractivity contribution >= 4 is 33.0 Å². The topological polar surface area (TPSA) is 92.3 Å². The summed E-state index contributed by atoms with van der Waals surface area (Å²) in [5.41, 5.74) is 2.57. The van der Waals surface area contributed by atoms with Crippen molar-refractivity contribution in [3.8, 4) is 0 Å². The lowest BCUT2D eigenvalue weighted by molar-refractivity contribution is 0.102. The van der Waals surface area contributed by atoms with Gasteiger partial charge in [-0.3, -0.25) is 9.59 Å². The largest absolute Gasteiger partial charge is 0.322 e. The van der Waals surface area contributed by atoms with Crippen LogP contribution in [0.15, 0.2) is 77.7 Å². The van der Waals surface area contributed by atoms with Crippen LogP contribution in [0.4, 0.5) is 11.4 Å². The summed E-state index contributed by atoms with van der Waals surface area (Å²) in [7, 11) is -3.31. The van der Waals surface area contributed by atoms with E-state index < -0.39 is 15.7 Å². The number of hydrogen-bond acceptors (Lipinski definition) is 4. The van der Waals surface area contributed by atoms with Crippen molar-refractivity contribution in [2.75, 3.05) is 16.9 Å². The number of para-hydroxylation sites is 1. The highest BCUT2D eigenvalue weighted by atomic mass is 32.2. The Morgan fingerprint density at radius 3 is 2.14 bits per heavy atom. The standard InChI is InChI=1S/C22H20N2O4S/c1-15-6-5-7-16(14-15)21(25)24-20-9-4-3-8-19(20)22(26)23-17-10-12-18(13-11-17)29(2,27)28/h3-14H,1-2H3,(H,23,26)(H,24,25). The van der Waals surface area contributed by atoms with Crippen LogP contribution in [0, 0.1) is 6.92 Å². The third-order valence-electron chi connectivity index (χ3n) is 4.24. The van der Waals surface area contributed by atoms with Gasteiger partial charge in [-0.1, -0.05) is 29.8 Å². The highest BCUT2D eigenvalue weighted by Gasteiger charge is 2.15. The minimum absolute atomic E-state index is 0.168. The number of benzene rings is 3. The second-order valence-electron chi connectivity index (χ2n) is 6.62. The third kappa shape index (κ3) is 5.08. The zero-order chi connectivity index (χ0) is 21.0. The SMILES string of the molecule is Cc1cccc(C(=O)Nc2ccccc2C(=O)Nc2ccc(S(C)(=O)=O)cc2)c1. The van der Waals surface area contributed by atoms with Crippen LogP contribution < -0.4 is 10.6 Å². The highest BCUT2D eigenvalue weighted by molar-refractivity contribution is 7.90. The molecule has 6 nitrogen and oxygen atoms in total. The van der Waals surface area contributed by atoms with Crippen LogP contribution in [0.2, 0.25) is 0 Å². The first-order valence-corrected chi connectivity index (χ1v) is 10.7. The van der Waals surface area contributed by atoms with Crippen molar-refractivity contribution in [2.24, 2.45) is 0 Å². The molecule has 7 heteroatoms. The fourth-order valence-corrected chi connectivity index (χ4v) is 3.39. The minimum atomic E-state index is -3.31. The number of carbonyl (C=O) groups excluding carboxylic acids is 2. The molecule has 3 aromatic carbocycles. The van der Waals surface area contributed by atoms with Crippen molar-refractivity contribution < 1.29 is 18.0 Å². The van der Waals surface area contributed by atoms with Crippen LogP contribution >= 0.6 is 0 Å². The summed E-state index contributed by atoms with van der Waals surface area (Å²) in [6, 6.07) is 19.7. The Kier molecular flexibility index (Phi) is 5.79. The fraction of sp³-hybridized carbons (Fsp3) is 0.0909. The van der Waals surface area contributed by atoms with Gasteiger partial charge in [-0.05, 0) is 55.5 Å². The molecule has 0 aliphatic rings. The molecule has 0 aliphatic carbocycles. The molecule has 0 saturated carbocycles. The summed E-state index contributed by atoms with van der Waals surface area (Å²) in [4.78, 5) is 25.4. The van der Waals surface area contributed by atoms with Crippen LogP contribution in [0.3, 0.4) is 0 Å². The maximum Gasteiger partial charge on any atom is 0.257 e. The van der Waals surface area contributed by atoms with Gasteiger partial charge < -0.3 is 10.6 Å². The van der Waals surface area contributed by atoms with E-state index in [1.54, 1.807) is 42.5 Å². The first-order valence-electron chi connectivity index (χ1n) is 8.82. The normalized spacial score (nSPS) is 11.0. The summed E-state index contributed by atoms with van der Waals surface area (Å²) in [5.74, 6) is -0.733. The molecule has 0 fully saturated rings. The monoisotopic (exact) mass is 408 g/mol. The predicted molar refractivity (Wildman–Crippen MR) is 113 cm³/mol. The molecule has 0 spiro atoms. The molecule has 0 aromatic heterocycles. The van der Waals surface area contributed by atoms with Gasteiger partial charge in [-0.2, -0.15) is 0 Å². The lowest BCUT2D eigenvalue weighted by Crippen LogP contribution is -2.18. The average Bonchev–Trinajstić information content (AvgIpc) is 2.68. The maximum atomic E-state index is 12.7. The number of anilines is 2. The molecule has 0 saturated heterocycles. The van der Waals surface area contributed by atoms with E-state index in [1.165, 1.54) is 24.3 Å². The van der Waals surface area contributed by atoms with Gasteiger partial charge in [0.05, 0.1) is 16.1 Å². The molecule has 3 rings (SSSR count). The molecular formula is C22H20N2O4S. The van der Waals surface area contributed by atoms with E-state index >= 15 is 0 Å². The van der Waals surface area contributed by atoms with Crippen molar-refractivity contribution in [3.05, 3.63) is 89.5 Å². The van der Waals surface area contributed by atoms with Crippen molar-refractivity contribution in [1.29, 1.82) is 0 Å². The Morgan fingerprint density at radius 1 is 0.793 bits per heavy atom. The number of carbonyl (C=O) groups is 2. The molecule has 0 heterocycles. The van der Waals surface area contributed by atoms with E-state index in [0.29, 0.717) is 22.5 Å². The van der Waals surface area contributed by atoms with Gasteiger partial charge in [0.25, 0.3) is 11.8 Å². The summed E-state index contributed by atoms with van der Waals surface area (Å²) in [6.07, 6.45) is 1.12. The summed E-state index contributed by atoms with van der Waals surface area (Å²) >= 11 is 0. The van der Waals surface area contributed by atoms with Crippen LogP contribution in [-0.4, -0.2) is 26.5 Å². The average molecular weight is 408 g/mol. The molecule has 0 bridgehead atoms. The minimum Gasteiger partial charge on any atom is -0.322 e. The smallest absolute Gasteiger partial charge is 0.257 e. The Balaban J connectivity index is 1.79. The zero-order valence-corrected chi connectivity index (χ0v) is 16.8. The first kappa shape index (κ1) is 20.3. The fourth-order valence-electron chi connectivity index (χ4n) is 2.75. The van der Waals surface area contributed by atoms with E-state index in [4.69, 9.17) is 0 Å². The number of aryl methyl sites for hydroxylation is 1. The Labute approximate surface area is 169 Å². The third-order valence-corrected chi connectivity index (χ3v) is 5.37. The summed E-state index contributed by atoms with van der Waals surface area (Å²) in [5, 5.41) is 5.48. The molecule has 2 amide bonds. The highest BCUT2D eigenvalue weighted by Crippen LogP contribution is 2.20. The molecular weight excluding hydrogens is 388 g/mol. The predicted octanol–water partition coefficient (Wildman–Crippen LogP) is 3.90. The molecule has 2 N–H and O–H groups in total. The van der Waals surface area contributed by atoms with E-state index in [2.05, 4.69) is 10.6 Å². The number of rotatable bonds is 5. The number of sulfone groups is 1. The number of nitrogens with one attached hydrogen (secondary N) is 2. The second kappa shape index (κ2) is 8.28. The summed E-state index contributed by atoms with van der Waals surface area (Å²) < 4.78 is 23.1. The van der Waals surface area contributed by atoms with Crippen molar-refractivity contribution in [3.63, 3.8) is 0 Å². The number of hydrogen-bond donors (Lipinski definition) is 2. The molecule has 0 unspecified atom stereocenters. The van der Waals surface area contributed by atoms with Gasteiger partial charge >= 0.3 is 0 Å². The van der Waals surface area contributed by atoms with E-state index in [-0.39, 0.29) is 10.8 Å². The molecule has 0 radical (unpaired) electrons. The van der Waals surface area contributed by atoms with Gasteiger partial charge in [0.2, 0.25) is 0 Å². The lowest BCUT2D eigenvalue weighted by Gasteiger charge is -2.12. The van der Waals surface area contributed by atoms with Crippen LogP contribution in [0.25, 0.3) is 0 Å². The molecule has 148 valence electrons. The lowest BCUT2D eigenvalue weighted by atomic mass is 10.1. The van der Waals surface area contributed by atoms with Crippen molar-refractivity contribution in [1.82, 2.24) is 0 Å². The second-order valence-corrected chi connectivity index (χ2v) is 8.64. The Morgan fingerprint density at radius 2 is 1.48 bits per heavy atom. The Hall–Kier alpha value is -3.45. The summed E-state index contributed by atoms with van der Waals surface area (Å²) in [6.45, 7) is 1.90. The van der Waals surface area contributed by atoms with Crippen LogP contribution in [-0.2, 0) is 9.84 Å². The molecule has 3 aromatic rings. The van der Waals surface area contributed by atoms with Gasteiger partial charge in [-0.25, -0.2) is 8.42 Å². The Bertz CT molecular complexity index is 1170. The van der Waals surface area contributed by atoms with E-state index in [0.717, 1.165) is 11.8 Å². The molecule has 29 heavy (non-hydrogen) atoms.